The number of carbonyl (C=O) groups excluding carboxylic acids is 1. The Morgan fingerprint density at radius 3 is 2.33 bits per heavy atom. The fourth-order valence-corrected chi connectivity index (χ4v) is 2.36. The first-order valence-electron chi connectivity index (χ1n) is 7.05. The normalized spacial score (nSPS) is 15.4. The van der Waals surface area contributed by atoms with E-state index >= 15 is 0 Å². The van der Waals surface area contributed by atoms with Crippen molar-refractivity contribution in [2.45, 2.75) is 0 Å². The molecule has 0 saturated heterocycles. The van der Waals surface area contributed by atoms with Gasteiger partial charge in [-0.1, -0.05) is 18.2 Å². The minimum Gasteiger partial charge on any atom is -0.506 e. The van der Waals surface area contributed by atoms with E-state index in [4.69, 9.17) is 0 Å². The van der Waals surface area contributed by atoms with Crippen LogP contribution in [0.5, 0.6) is 5.75 Å². The van der Waals surface area contributed by atoms with Gasteiger partial charge in [0.1, 0.15) is 5.75 Å². The summed E-state index contributed by atoms with van der Waals surface area (Å²) in [5.41, 5.74) is 1.84. The van der Waals surface area contributed by atoms with Crippen LogP contribution in [0.15, 0.2) is 65.4 Å². The third-order valence-corrected chi connectivity index (χ3v) is 3.42. The van der Waals surface area contributed by atoms with Crippen molar-refractivity contribution in [2.24, 2.45) is 4.99 Å². The Morgan fingerprint density at radius 1 is 1.00 bits per heavy atom. The van der Waals surface area contributed by atoms with E-state index in [-0.39, 0.29) is 17.1 Å². The molecule has 6 nitrogen and oxygen atoms in total. The van der Waals surface area contributed by atoms with Crippen molar-refractivity contribution >= 4 is 23.5 Å². The number of aliphatic imine (C=N–C) groups is 1. The van der Waals surface area contributed by atoms with Crippen LogP contribution < -0.4 is 0 Å². The lowest BCUT2D eigenvalue weighted by Crippen LogP contribution is -2.06. The molecule has 0 spiro atoms. The first-order chi connectivity index (χ1) is 11.6. The largest absolute Gasteiger partial charge is 0.506 e. The number of ketones is 1. The zero-order chi connectivity index (χ0) is 17.1. The van der Waals surface area contributed by atoms with Gasteiger partial charge in [-0.15, -0.1) is 0 Å². The number of nitrogens with zero attached hydrogens (tertiary/aromatic N) is 2. The topological polar surface area (TPSA) is 99.8 Å². The van der Waals surface area contributed by atoms with Gasteiger partial charge >= 0.3 is 5.97 Å². The smallest absolute Gasteiger partial charge is 0.336 e. The van der Waals surface area contributed by atoms with Crippen LogP contribution >= 0.6 is 0 Å². The molecule has 0 radical (unpaired) electrons. The van der Waals surface area contributed by atoms with Gasteiger partial charge in [0.2, 0.25) is 0 Å². The summed E-state index contributed by atoms with van der Waals surface area (Å²) in [6.07, 6.45) is 5.30. The Bertz CT molecular complexity index is 891. The highest BCUT2D eigenvalue weighted by Crippen LogP contribution is 2.31. The number of rotatable bonds is 3. The second-order valence-corrected chi connectivity index (χ2v) is 5.01. The second kappa shape index (κ2) is 6.29. The van der Waals surface area contributed by atoms with Crippen LogP contribution in [0.1, 0.15) is 21.6 Å². The van der Waals surface area contributed by atoms with E-state index in [0.29, 0.717) is 22.5 Å². The van der Waals surface area contributed by atoms with Gasteiger partial charge in [0.15, 0.2) is 5.78 Å². The van der Waals surface area contributed by atoms with Crippen LogP contribution in [0.2, 0.25) is 0 Å². The lowest BCUT2D eigenvalue weighted by molar-refractivity contribution is -0.108. The number of pyridine rings is 1. The third kappa shape index (κ3) is 2.98. The number of aromatic carboxylic acids is 1. The molecule has 2 N–H and O–H groups in total. The summed E-state index contributed by atoms with van der Waals surface area (Å²) in [5.74, 6) is -1.34. The lowest BCUT2D eigenvalue weighted by atomic mass is 9.94. The van der Waals surface area contributed by atoms with Crippen molar-refractivity contribution in [1.82, 2.24) is 4.98 Å². The molecule has 2 aromatic rings. The number of carboxylic acid groups (broad SMARTS) is 1. The van der Waals surface area contributed by atoms with Gasteiger partial charge in [0.05, 0.1) is 29.4 Å². The van der Waals surface area contributed by atoms with Crippen molar-refractivity contribution in [3.05, 3.63) is 77.3 Å². The Labute approximate surface area is 137 Å². The standard InChI is InChI=1S/C18H12N2O4/c21-11-5-7-15(19-9-11)17(16-8-6-12(22)10-20-16)13-3-1-2-4-14(13)18(23)24/h1-10,21H,(H,23,24). The fraction of sp³-hybridized carbons (Fsp3) is 0. The molecule has 0 amide bonds. The van der Waals surface area contributed by atoms with E-state index in [1.54, 1.807) is 24.3 Å². The van der Waals surface area contributed by atoms with Gasteiger partial charge in [-0.25, -0.2) is 4.79 Å². The average molecular weight is 320 g/mol. The molecule has 1 aliphatic rings. The van der Waals surface area contributed by atoms with E-state index in [2.05, 4.69) is 9.98 Å². The molecular formula is C18H12N2O4. The van der Waals surface area contributed by atoms with Crippen LogP contribution in [0.3, 0.4) is 0 Å². The minimum atomic E-state index is -1.08. The highest BCUT2D eigenvalue weighted by Gasteiger charge is 2.19. The maximum Gasteiger partial charge on any atom is 0.336 e. The number of aromatic nitrogens is 1. The molecule has 0 bridgehead atoms. The number of carboxylic acids is 1. The number of benzene rings is 1. The van der Waals surface area contributed by atoms with Gasteiger partial charge in [0, 0.05) is 11.1 Å². The Morgan fingerprint density at radius 2 is 1.75 bits per heavy atom. The van der Waals surface area contributed by atoms with E-state index in [0.717, 1.165) is 0 Å². The SMILES string of the molecule is O=C1C=CC(=C(c2ccc(O)cn2)c2ccccc2C(=O)O)N=C1. The molecule has 0 atom stereocenters. The highest BCUT2D eigenvalue weighted by molar-refractivity contribution is 6.34. The fourth-order valence-electron chi connectivity index (χ4n) is 2.36. The van der Waals surface area contributed by atoms with Crippen molar-refractivity contribution in [2.75, 3.05) is 0 Å². The van der Waals surface area contributed by atoms with Gasteiger partial charge in [0.25, 0.3) is 0 Å². The Hall–Kier alpha value is -3.54. The first kappa shape index (κ1) is 15.4. The Balaban J connectivity index is 2.28. The van der Waals surface area contributed by atoms with Crippen molar-refractivity contribution in [1.29, 1.82) is 0 Å². The molecule has 0 fully saturated rings. The number of allylic oxidation sites excluding steroid dienone is 2. The maximum absolute atomic E-state index is 11.6. The summed E-state index contributed by atoms with van der Waals surface area (Å²) in [7, 11) is 0. The molecule has 0 unspecified atom stereocenters. The van der Waals surface area contributed by atoms with Crippen LogP contribution in [-0.2, 0) is 4.79 Å². The number of hydrogen-bond acceptors (Lipinski definition) is 5. The number of dihydropyridines is 1. The van der Waals surface area contributed by atoms with Crippen molar-refractivity contribution in [3.63, 3.8) is 0 Å². The zero-order valence-corrected chi connectivity index (χ0v) is 12.4. The van der Waals surface area contributed by atoms with Crippen molar-refractivity contribution < 1.29 is 19.8 Å². The summed E-state index contributed by atoms with van der Waals surface area (Å²) in [4.78, 5) is 31.1. The molecule has 118 valence electrons. The number of carbonyl (C=O) groups is 2. The van der Waals surface area contributed by atoms with Crippen molar-refractivity contribution in [3.8, 4) is 5.75 Å². The summed E-state index contributed by atoms with van der Waals surface area (Å²) in [5, 5.41) is 18.9. The van der Waals surface area contributed by atoms with Gasteiger partial charge in [-0.05, 0) is 30.4 Å². The van der Waals surface area contributed by atoms with Crippen LogP contribution in [0.4, 0.5) is 0 Å². The van der Waals surface area contributed by atoms with E-state index < -0.39 is 5.97 Å². The third-order valence-electron chi connectivity index (χ3n) is 3.42. The maximum atomic E-state index is 11.6. The molecule has 2 heterocycles. The van der Waals surface area contributed by atoms with Crippen LogP contribution in [0, 0.1) is 0 Å². The summed E-state index contributed by atoms with van der Waals surface area (Å²) < 4.78 is 0. The molecule has 24 heavy (non-hydrogen) atoms. The monoisotopic (exact) mass is 320 g/mol. The summed E-state index contributed by atoms with van der Waals surface area (Å²) in [6, 6.07) is 9.50. The molecule has 1 aromatic heterocycles. The van der Waals surface area contributed by atoms with Gasteiger partial charge in [-0.3, -0.25) is 14.8 Å². The second-order valence-electron chi connectivity index (χ2n) is 5.01. The quantitative estimate of drug-likeness (QED) is 0.905. The summed E-state index contributed by atoms with van der Waals surface area (Å²) in [6.45, 7) is 0. The van der Waals surface area contributed by atoms with E-state index in [1.165, 1.54) is 36.7 Å². The minimum absolute atomic E-state index is 0.00696. The van der Waals surface area contributed by atoms with Crippen LogP contribution in [0.25, 0.3) is 5.57 Å². The molecule has 1 aliphatic heterocycles. The average Bonchev–Trinajstić information content (AvgIpc) is 2.59. The van der Waals surface area contributed by atoms with Gasteiger partial charge in [-0.2, -0.15) is 0 Å². The zero-order valence-electron chi connectivity index (χ0n) is 12.4. The first-order valence-corrected chi connectivity index (χ1v) is 7.05. The molecule has 0 aliphatic carbocycles. The molecule has 0 saturated carbocycles. The predicted octanol–water partition coefficient (Wildman–Crippen LogP) is 2.45. The highest BCUT2D eigenvalue weighted by atomic mass is 16.4. The van der Waals surface area contributed by atoms with E-state index in [9.17, 15) is 19.8 Å². The molecule has 6 heteroatoms. The predicted molar refractivity (Wildman–Crippen MR) is 88.0 cm³/mol. The Kier molecular flexibility index (Phi) is 4.03. The number of hydrogen-bond donors (Lipinski definition) is 2. The van der Waals surface area contributed by atoms with Gasteiger partial charge < -0.3 is 10.2 Å². The molecule has 3 rings (SSSR count). The molecule has 1 aromatic carbocycles. The molecular weight excluding hydrogens is 308 g/mol. The van der Waals surface area contributed by atoms with E-state index in [1.807, 2.05) is 0 Å². The number of aromatic hydroxyl groups is 1. The van der Waals surface area contributed by atoms with Crippen LogP contribution in [-0.4, -0.2) is 33.2 Å². The summed E-state index contributed by atoms with van der Waals surface area (Å²) >= 11 is 0. The lowest BCUT2D eigenvalue weighted by Gasteiger charge is -2.14.